The minimum Gasteiger partial charge on any atom is -0.490 e. The summed E-state index contributed by atoms with van der Waals surface area (Å²) < 4.78 is 35.9. The fraction of sp³-hybridized carbons (Fsp3) is 0.136. The molecule has 0 fully saturated rings. The summed E-state index contributed by atoms with van der Waals surface area (Å²) in [5.74, 6) is 1.10. The zero-order valence-corrected chi connectivity index (χ0v) is 17.9. The third kappa shape index (κ3) is 5.98. The summed E-state index contributed by atoms with van der Waals surface area (Å²) in [4.78, 5) is 2.34. The van der Waals surface area contributed by atoms with Crippen molar-refractivity contribution < 1.29 is 17.9 Å². The van der Waals surface area contributed by atoms with Crippen molar-refractivity contribution in [2.24, 2.45) is 5.10 Å². The Kier molecular flexibility index (Phi) is 7.32. The van der Waals surface area contributed by atoms with Crippen molar-refractivity contribution in [1.82, 2.24) is 4.83 Å². The standard InChI is InChI=1S/C22H21ClN2O4S/c1-2-28-22-14-17(15-24-25-30(26,27)20-9-4-3-5-10-20)11-12-21(22)29-16-18-7-6-8-19(23)13-18/h3-15,25H,2,16H2,1H3/b24-15-. The summed E-state index contributed by atoms with van der Waals surface area (Å²) in [5.41, 5.74) is 1.59. The Morgan fingerprint density at radius 3 is 2.50 bits per heavy atom. The topological polar surface area (TPSA) is 77.0 Å². The molecule has 30 heavy (non-hydrogen) atoms. The van der Waals surface area contributed by atoms with E-state index in [9.17, 15) is 8.42 Å². The predicted octanol–water partition coefficient (Wildman–Crippen LogP) is 4.63. The van der Waals surface area contributed by atoms with Crippen LogP contribution in [0.15, 0.2) is 82.8 Å². The van der Waals surface area contributed by atoms with E-state index in [1.54, 1.807) is 42.5 Å². The maximum atomic E-state index is 12.2. The van der Waals surface area contributed by atoms with Crippen LogP contribution in [0.5, 0.6) is 11.5 Å². The highest BCUT2D eigenvalue weighted by Crippen LogP contribution is 2.29. The van der Waals surface area contributed by atoms with Gasteiger partial charge in [-0.05, 0) is 60.5 Å². The van der Waals surface area contributed by atoms with Gasteiger partial charge < -0.3 is 9.47 Å². The maximum absolute atomic E-state index is 12.2. The summed E-state index contributed by atoms with van der Waals surface area (Å²) in [6.45, 7) is 2.66. The van der Waals surface area contributed by atoms with Gasteiger partial charge in [0.15, 0.2) is 11.5 Å². The summed E-state index contributed by atoms with van der Waals surface area (Å²) in [6.07, 6.45) is 1.41. The SMILES string of the molecule is CCOc1cc(/C=N\NS(=O)(=O)c2ccccc2)ccc1OCc1cccc(Cl)c1. The second-order valence-corrected chi connectivity index (χ2v) is 8.32. The van der Waals surface area contributed by atoms with E-state index in [1.807, 2.05) is 25.1 Å². The van der Waals surface area contributed by atoms with Gasteiger partial charge in [0.05, 0.1) is 17.7 Å². The molecular weight excluding hydrogens is 424 g/mol. The largest absolute Gasteiger partial charge is 0.490 e. The second-order valence-electron chi connectivity index (χ2n) is 6.22. The average Bonchev–Trinajstić information content (AvgIpc) is 2.74. The maximum Gasteiger partial charge on any atom is 0.276 e. The molecule has 8 heteroatoms. The molecule has 156 valence electrons. The number of halogens is 1. The van der Waals surface area contributed by atoms with Crippen LogP contribution in [0.3, 0.4) is 0 Å². The van der Waals surface area contributed by atoms with E-state index in [0.717, 1.165) is 5.56 Å². The molecule has 0 heterocycles. The van der Waals surface area contributed by atoms with Gasteiger partial charge in [0.2, 0.25) is 0 Å². The van der Waals surface area contributed by atoms with Gasteiger partial charge in [-0.3, -0.25) is 0 Å². The Hall–Kier alpha value is -3.03. The van der Waals surface area contributed by atoms with Crippen molar-refractivity contribution in [2.75, 3.05) is 6.61 Å². The highest BCUT2D eigenvalue weighted by molar-refractivity contribution is 7.89. The molecule has 0 amide bonds. The third-order valence-electron chi connectivity index (χ3n) is 3.99. The minimum absolute atomic E-state index is 0.141. The lowest BCUT2D eigenvalue weighted by molar-refractivity contribution is 0.269. The predicted molar refractivity (Wildman–Crippen MR) is 118 cm³/mol. The molecule has 0 saturated heterocycles. The van der Waals surface area contributed by atoms with Crippen LogP contribution in [0.4, 0.5) is 0 Å². The van der Waals surface area contributed by atoms with Crippen LogP contribution < -0.4 is 14.3 Å². The first kappa shape index (κ1) is 21.7. The number of sulfonamides is 1. The highest BCUT2D eigenvalue weighted by Gasteiger charge is 2.11. The van der Waals surface area contributed by atoms with Crippen molar-refractivity contribution >= 4 is 27.8 Å². The molecule has 0 spiro atoms. The molecule has 3 rings (SSSR count). The number of nitrogens with one attached hydrogen (secondary N) is 1. The van der Waals surface area contributed by atoms with E-state index < -0.39 is 10.0 Å². The molecule has 0 unspecified atom stereocenters. The van der Waals surface area contributed by atoms with E-state index >= 15 is 0 Å². The van der Waals surface area contributed by atoms with E-state index in [4.69, 9.17) is 21.1 Å². The molecule has 0 atom stereocenters. The molecule has 0 radical (unpaired) electrons. The number of hydrogen-bond donors (Lipinski definition) is 1. The van der Waals surface area contributed by atoms with Gasteiger partial charge in [-0.2, -0.15) is 13.5 Å². The number of hydrogen-bond acceptors (Lipinski definition) is 5. The fourth-order valence-corrected chi connectivity index (χ4v) is 3.63. The molecule has 0 aliphatic carbocycles. The van der Waals surface area contributed by atoms with Gasteiger partial charge in [0.25, 0.3) is 10.0 Å². The van der Waals surface area contributed by atoms with Crippen molar-refractivity contribution in [3.8, 4) is 11.5 Å². The van der Waals surface area contributed by atoms with Crippen molar-refractivity contribution in [3.63, 3.8) is 0 Å². The number of hydrazone groups is 1. The van der Waals surface area contributed by atoms with Gasteiger partial charge in [0.1, 0.15) is 6.61 Å². The van der Waals surface area contributed by atoms with E-state index in [0.29, 0.717) is 35.3 Å². The first-order valence-electron chi connectivity index (χ1n) is 9.22. The smallest absolute Gasteiger partial charge is 0.276 e. The zero-order chi connectivity index (χ0) is 21.4. The Bertz CT molecular complexity index is 1120. The van der Waals surface area contributed by atoms with Crippen LogP contribution in [0.2, 0.25) is 5.02 Å². The van der Waals surface area contributed by atoms with Crippen LogP contribution in [-0.2, 0) is 16.6 Å². The molecule has 3 aromatic rings. The molecular formula is C22H21ClN2O4S. The summed E-state index contributed by atoms with van der Waals surface area (Å²) in [7, 11) is -3.72. The molecule has 0 aliphatic rings. The molecule has 0 aliphatic heterocycles. The van der Waals surface area contributed by atoms with Gasteiger partial charge >= 0.3 is 0 Å². The molecule has 6 nitrogen and oxygen atoms in total. The Balaban J connectivity index is 1.70. The molecule has 0 saturated carbocycles. The van der Waals surface area contributed by atoms with Gasteiger partial charge in [-0.1, -0.05) is 41.9 Å². The third-order valence-corrected chi connectivity index (χ3v) is 5.46. The minimum atomic E-state index is -3.72. The quantitative estimate of drug-likeness (QED) is 0.385. The number of nitrogens with zero attached hydrogens (tertiary/aromatic N) is 1. The van der Waals surface area contributed by atoms with E-state index in [-0.39, 0.29) is 4.90 Å². The Morgan fingerprint density at radius 1 is 0.967 bits per heavy atom. The molecule has 1 N–H and O–H groups in total. The van der Waals surface area contributed by atoms with Crippen molar-refractivity contribution in [2.45, 2.75) is 18.4 Å². The second kappa shape index (κ2) is 10.1. The van der Waals surface area contributed by atoms with Crippen LogP contribution in [0.25, 0.3) is 0 Å². The van der Waals surface area contributed by atoms with Crippen molar-refractivity contribution in [1.29, 1.82) is 0 Å². The van der Waals surface area contributed by atoms with Crippen LogP contribution >= 0.6 is 11.6 Å². The lowest BCUT2D eigenvalue weighted by Gasteiger charge is -2.13. The number of rotatable bonds is 9. The molecule has 0 bridgehead atoms. The normalized spacial score (nSPS) is 11.4. The van der Waals surface area contributed by atoms with Gasteiger partial charge in [0, 0.05) is 5.02 Å². The number of benzene rings is 3. The van der Waals surface area contributed by atoms with Crippen molar-refractivity contribution in [3.05, 3.63) is 88.9 Å². The van der Waals surface area contributed by atoms with Crippen LogP contribution in [0, 0.1) is 0 Å². The van der Waals surface area contributed by atoms with E-state index in [1.165, 1.54) is 18.3 Å². The monoisotopic (exact) mass is 444 g/mol. The number of ether oxygens (including phenoxy) is 2. The molecule has 3 aromatic carbocycles. The fourth-order valence-electron chi connectivity index (χ4n) is 2.60. The Labute approximate surface area is 181 Å². The first-order chi connectivity index (χ1) is 14.5. The van der Waals surface area contributed by atoms with Crippen LogP contribution in [0.1, 0.15) is 18.1 Å². The lowest BCUT2D eigenvalue weighted by atomic mass is 10.2. The molecule has 0 aromatic heterocycles. The highest BCUT2D eigenvalue weighted by atomic mass is 35.5. The van der Waals surface area contributed by atoms with Gasteiger partial charge in [-0.15, -0.1) is 0 Å². The summed E-state index contributed by atoms with van der Waals surface area (Å²) in [6, 6.07) is 20.7. The average molecular weight is 445 g/mol. The van der Waals surface area contributed by atoms with E-state index in [2.05, 4.69) is 9.93 Å². The first-order valence-corrected chi connectivity index (χ1v) is 11.1. The lowest BCUT2D eigenvalue weighted by Crippen LogP contribution is -2.18. The summed E-state index contributed by atoms with van der Waals surface area (Å²) in [5, 5.41) is 4.49. The van der Waals surface area contributed by atoms with Gasteiger partial charge in [-0.25, -0.2) is 4.83 Å². The zero-order valence-electron chi connectivity index (χ0n) is 16.3. The summed E-state index contributed by atoms with van der Waals surface area (Å²) >= 11 is 6.00. The van der Waals surface area contributed by atoms with Crippen LogP contribution in [-0.4, -0.2) is 21.2 Å². The Morgan fingerprint density at radius 2 is 1.77 bits per heavy atom.